The molecule has 0 fully saturated rings. The zero-order valence-electron chi connectivity index (χ0n) is 9.46. The van der Waals surface area contributed by atoms with E-state index in [1.807, 2.05) is 27.7 Å². The summed E-state index contributed by atoms with van der Waals surface area (Å²) in [6.07, 6.45) is 0.902. The molecule has 0 spiro atoms. The van der Waals surface area contributed by atoms with Crippen LogP contribution in [0, 0.1) is 0 Å². The molecule has 0 radical (unpaired) electrons. The Hall–Kier alpha value is -0.110. The molecule has 13 heavy (non-hydrogen) atoms. The maximum absolute atomic E-state index is 13.1. The topological polar surface area (TPSA) is 0 Å². The van der Waals surface area contributed by atoms with E-state index < -0.39 is 0 Å². The summed E-state index contributed by atoms with van der Waals surface area (Å²) in [5.41, 5.74) is 1.85. The third kappa shape index (κ3) is 6.03. The molecular formula is C11H20BrF. The summed E-state index contributed by atoms with van der Waals surface area (Å²) in [5, 5.41) is 0. The fraction of sp³-hybridized carbons (Fsp3) is 0.636. The quantitative estimate of drug-likeness (QED) is 0.580. The Morgan fingerprint density at radius 2 is 1.54 bits per heavy atom. The number of rotatable bonds is 2. The highest BCUT2D eigenvalue weighted by atomic mass is 79.9. The smallest absolute Gasteiger partial charge is 0.135 e. The molecule has 0 aliphatic rings. The van der Waals surface area contributed by atoms with Crippen LogP contribution in [-0.4, -0.2) is 0 Å². The van der Waals surface area contributed by atoms with Crippen LogP contribution >= 0.6 is 15.9 Å². The Balaban J connectivity index is 0. The van der Waals surface area contributed by atoms with Gasteiger partial charge in [0.1, 0.15) is 5.83 Å². The van der Waals surface area contributed by atoms with Crippen LogP contribution in [0.4, 0.5) is 4.39 Å². The van der Waals surface area contributed by atoms with Gasteiger partial charge in [0.05, 0.1) is 0 Å². The van der Waals surface area contributed by atoms with Gasteiger partial charge in [-0.25, -0.2) is 4.39 Å². The lowest BCUT2D eigenvalue weighted by molar-refractivity contribution is 0.643. The Kier molecular flexibility index (Phi) is 10.0. The van der Waals surface area contributed by atoms with Gasteiger partial charge in [-0.1, -0.05) is 42.3 Å². The van der Waals surface area contributed by atoms with Crippen molar-refractivity contribution in [3.8, 4) is 0 Å². The first-order valence-corrected chi connectivity index (χ1v) is 5.48. The van der Waals surface area contributed by atoms with E-state index in [0.29, 0.717) is 4.48 Å². The van der Waals surface area contributed by atoms with Gasteiger partial charge in [0.2, 0.25) is 0 Å². The van der Waals surface area contributed by atoms with Crippen LogP contribution in [0.25, 0.3) is 0 Å². The summed E-state index contributed by atoms with van der Waals surface area (Å²) in [4.78, 5) is 0. The molecule has 0 aliphatic carbocycles. The first kappa shape index (κ1) is 15.4. The lowest BCUT2D eigenvalue weighted by Crippen LogP contribution is -1.85. The number of hydrogen-bond donors (Lipinski definition) is 0. The SMILES string of the molecule is CC.CC/C(C)=C(C)\C(F)=C(/C)Br. The highest BCUT2D eigenvalue weighted by Gasteiger charge is 2.03. The minimum atomic E-state index is -0.135. The van der Waals surface area contributed by atoms with E-state index in [9.17, 15) is 4.39 Å². The molecule has 0 aromatic heterocycles. The van der Waals surface area contributed by atoms with Gasteiger partial charge in [0.25, 0.3) is 0 Å². The minimum absolute atomic E-state index is 0.135. The Bertz CT molecular complexity index is 198. The molecule has 2 heteroatoms. The molecule has 0 rings (SSSR count). The van der Waals surface area contributed by atoms with Gasteiger partial charge < -0.3 is 0 Å². The number of hydrogen-bond acceptors (Lipinski definition) is 0. The predicted molar refractivity (Wildman–Crippen MR) is 62.7 cm³/mol. The molecule has 78 valence electrons. The second kappa shape index (κ2) is 8.49. The third-order valence-electron chi connectivity index (χ3n) is 1.80. The largest absolute Gasteiger partial charge is 0.206 e. The zero-order valence-corrected chi connectivity index (χ0v) is 11.0. The Morgan fingerprint density at radius 1 is 1.15 bits per heavy atom. The molecule has 0 aromatic carbocycles. The average Bonchev–Trinajstić information content (AvgIpc) is 2.17. The molecule has 0 nitrogen and oxygen atoms in total. The molecule has 0 aliphatic heterocycles. The summed E-state index contributed by atoms with van der Waals surface area (Å²) in [7, 11) is 0. The molecule has 0 bridgehead atoms. The van der Waals surface area contributed by atoms with E-state index in [0.717, 1.165) is 17.6 Å². The second-order valence-corrected chi connectivity index (χ2v) is 3.80. The van der Waals surface area contributed by atoms with Crippen LogP contribution < -0.4 is 0 Å². The van der Waals surface area contributed by atoms with Gasteiger partial charge >= 0.3 is 0 Å². The van der Waals surface area contributed by atoms with Crippen molar-refractivity contribution in [2.24, 2.45) is 0 Å². The standard InChI is InChI=1S/C9H14BrF.C2H6/c1-5-6(2)7(3)9(11)8(4)10;1-2/h5H2,1-4H3;1-2H3/b7-6-,9-8-;. The zero-order chi connectivity index (χ0) is 11.0. The first-order valence-electron chi connectivity index (χ1n) is 4.69. The van der Waals surface area contributed by atoms with E-state index >= 15 is 0 Å². The maximum atomic E-state index is 13.1. The third-order valence-corrected chi connectivity index (χ3v) is 2.15. The molecule has 0 aromatic rings. The van der Waals surface area contributed by atoms with Crippen molar-refractivity contribution < 1.29 is 4.39 Å². The van der Waals surface area contributed by atoms with Gasteiger partial charge in [0, 0.05) is 4.48 Å². The van der Waals surface area contributed by atoms with Crippen LogP contribution in [0.3, 0.4) is 0 Å². The maximum Gasteiger partial charge on any atom is 0.135 e. The van der Waals surface area contributed by atoms with Crippen LogP contribution in [0.15, 0.2) is 21.5 Å². The molecule has 0 amide bonds. The molecule has 0 atom stereocenters. The van der Waals surface area contributed by atoms with Crippen LogP contribution in [0.1, 0.15) is 48.0 Å². The van der Waals surface area contributed by atoms with Crippen molar-refractivity contribution in [1.29, 1.82) is 0 Å². The monoisotopic (exact) mass is 250 g/mol. The van der Waals surface area contributed by atoms with Crippen molar-refractivity contribution in [3.05, 3.63) is 21.5 Å². The van der Waals surface area contributed by atoms with Crippen molar-refractivity contribution in [1.82, 2.24) is 0 Å². The predicted octanol–water partition coefficient (Wildman–Crippen LogP) is 5.35. The van der Waals surface area contributed by atoms with Crippen LogP contribution in [0.2, 0.25) is 0 Å². The van der Waals surface area contributed by atoms with Crippen LogP contribution in [0.5, 0.6) is 0 Å². The Morgan fingerprint density at radius 3 is 1.77 bits per heavy atom. The first-order chi connectivity index (χ1) is 6.00. The lowest BCUT2D eigenvalue weighted by atomic mass is 10.1. The number of halogens is 2. The second-order valence-electron chi connectivity index (χ2n) is 2.61. The van der Waals surface area contributed by atoms with E-state index in [-0.39, 0.29) is 5.83 Å². The van der Waals surface area contributed by atoms with Crippen LogP contribution in [-0.2, 0) is 0 Å². The van der Waals surface area contributed by atoms with E-state index in [2.05, 4.69) is 15.9 Å². The van der Waals surface area contributed by atoms with E-state index in [1.165, 1.54) is 0 Å². The summed E-state index contributed by atoms with van der Waals surface area (Å²) in [6.45, 7) is 11.5. The molecule has 0 saturated heterocycles. The Labute approximate surface area is 90.0 Å². The van der Waals surface area contributed by atoms with E-state index in [4.69, 9.17) is 0 Å². The fourth-order valence-electron chi connectivity index (χ4n) is 0.711. The molecular weight excluding hydrogens is 231 g/mol. The summed E-state index contributed by atoms with van der Waals surface area (Å²) >= 11 is 3.11. The van der Waals surface area contributed by atoms with Crippen molar-refractivity contribution >= 4 is 15.9 Å². The molecule has 0 saturated carbocycles. The van der Waals surface area contributed by atoms with Gasteiger partial charge in [-0.05, 0) is 32.8 Å². The summed E-state index contributed by atoms with van der Waals surface area (Å²) < 4.78 is 13.7. The van der Waals surface area contributed by atoms with Crippen molar-refractivity contribution in [2.45, 2.75) is 48.0 Å². The van der Waals surface area contributed by atoms with Gasteiger partial charge in [-0.3, -0.25) is 0 Å². The van der Waals surface area contributed by atoms with Crippen molar-refractivity contribution in [2.75, 3.05) is 0 Å². The summed E-state index contributed by atoms with van der Waals surface area (Å²) in [6, 6.07) is 0. The highest BCUT2D eigenvalue weighted by Crippen LogP contribution is 2.23. The number of allylic oxidation sites excluding steroid dienone is 4. The highest BCUT2D eigenvalue weighted by molar-refractivity contribution is 9.11. The van der Waals surface area contributed by atoms with Crippen molar-refractivity contribution in [3.63, 3.8) is 0 Å². The average molecular weight is 251 g/mol. The fourth-order valence-corrected chi connectivity index (χ4v) is 1.01. The molecule has 0 N–H and O–H groups in total. The minimum Gasteiger partial charge on any atom is -0.206 e. The summed E-state index contributed by atoms with van der Waals surface area (Å²) in [5.74, 6) is -0.135. The molecule has 0 heterocycles. The normalized spacial score (nSPS) is 13.8. The van der Waals surface area contributed by atoms with Gasteiger partial charge in [0.15, 0.2) is 0 Å². The van der Waals surface area contributed by atoms with Gasteiger partial charge in [-0.2, -0.15) is 0 Å². The van der Waals surface area contributed by atoms with Gasteiger partial charge in [-0.15, -0.1) is 0 Å². The lowest BCUT2D eigenvalue weighted by Gasteiger charge is -2.03. The van der Waals surface area contributed by atoms with E-state index in [1.54, 1.807) is 13.8 Å². The molecule has 0 unspecified atom stereocenters.